The van der Waals surface area contributed by atoms with Crippen LogP contribution in [0.4, 0.5) is 4.79 Å². The van der Waals surface area contributed by atoms with E-state index < -0.39 is 18.3 Å². The Morgan fingerprint density at radius 3 is 2.60 bits per heavy atom. The standard InChI is InChI=1S/C21H27N4O4.Y/c1-14-10-11-18(15(2)12-14)19(26)23-20-22-13-25(24(20)4)16(3)28-21(27)29-17-8-6-5-7-9-17;/h10-11,13,16-17H,5-9H2,1-4H3;/q-1;. The summed E-state index contributed by atoms with van der Waals surface area (Å²) in [5.41, 5.74) is 2.39. The molecule has 0 saturated heterocycles. The zero-order valence-corrected chi connectivity index (χ0v) is 20.8. The second-order valence-electron chi connectivity index (χ2n) is 7.39. The molecule has 0 aliphatic heterocycles. The minimum atomic E-state index is -0.696. The van der Waals surface area contributed by atoms with Gasteiger partial charge in [-0.15, -0.1) is 0 Å². The Labute approximate surface area is 201 Å². The van der Waals surface area contributed by atoms with Gasteiger partial charge in [0.05, 0.1) is 0 Å². The molecule has 3 rings (SSSR count). The van der Waals surface area contributed by atoms with Gasteiger partial charge in [-0.3, -0.25) is 9.48 Å². The minimum Gasteiger partial charge on any atom is -0.431 e. The van der Waals surface area contributed by atoms with E-state index in [9.17, 15) is 9.59 Å². The molecule has 9 heteroatoms. The molecule has 1 saturated carbocycles. The summed E-state index contributed by atoms with van der Waals surface area (Å²) in [6.45, 7) is 5.44. The van der Waals surface area contributed by atoms with Gasteiger partial charge in [-0.25, -0.2) is 14.5 Å². The number of carbonyl (C=O) groups excluding carboxylic acids is 2. The first-order valence-corrected chi connectivity index (χ1v) is 9.91. The van der Waals surface area contributed by atoms with Gasteiger partial charge < -0.3 is 9.47 Å². The first kappa shape index (κ1) is 24.5. The third-order valence-corrected chi connectivity index (χ3v) is 5.10. The van der Waals surface area contributed by atoms with E-state index in [1.165, 1.54) is 12.7 Å². The molecular weight excluding hydrogens is 461 g/mol. The van der Waals surface area contributed by atoms with E-state index in [4.69, 9.17) is 9.47 Å². The van der Waals surface area contributed by atoms with Gasteiger partial charge in [0.15, 0.2) is 6.23 Å². The predicted octanol–water partition coefficient (Wildman–Crippen LogP) is 3.38. The van der Waals surface area contributed by atoms with Crippen LogP contribution in [0.3, 0.4) is 0 Å². The Morgan fingerprint density at radius 2 is 1.93 bits per heavy atom. The van der Waals surface area contributed by atoms with Gasteiger partial charge in [-0.1, -0.05) is 25.8 Å². The number of aromatic nitrogens is 3. The number of aryl methyl sites for hydroxylation is 2. The van der Waals surface area contributed by atoms with E-state index in [0.29, 0.717) is 5.56 Å². The first-order valence-electron chi connectivity index (χ1n) is 9.91. The fraction of sp³-hybridized carbons (Fsp3) is 0.524. The summed E-state index contributed by atoms with van der Waals surface area (Å²) in [5.74, 6) is -0.398. The molecule has 1 unspecified atom stereocenters. The van der Waals surface area contributed by atoms with Crippen LogP contribution >= 0.6 is 0 Å². The van der Waals surface area contributed by atoms with Crippen LogP contribution in [-0.4, -0.2) is 32.5 Å². The Balaban J connectivity index is 0.00000320. The smallest absolute Gasteiger partial charge is 0.431 e. The molecule has 1 aromatic carbocycles. The molecule has 0 bridgehead atoms. The number of rotatable bonds is 4. The van der Waals surface area contributed by atoms with Crippen molar-refractivity contribution in [2.45, 2.75) is 65.2 Å². The third-order valence-electron chi connectivity index (χ3n) is 5.10. The maximum absolute atomic E-state index is 12.5. The molecule has 1 amide bonds. The van der Waals surface area contributed by atoms with E-state index in [2.05, 4.69) is 16.0 Å². The summed E-state index contributed by atoms with van der Waals surface area (Å²) in [6, 6.07) is 6.67. The molecule has 1 fully saturated rings. The molecule has 30 heavy (non-hydrogen) atoms. The van der Waals surface area contributed by atoms with Crippen molar-refractivity contribution in [3.05, 3.63) is 46.8 Å². The molecule has 1 aliphatic carbocycles. The molecule has 0 N–H and O–H groups in total. The Hall–Kier alpha value is -1.80. The molecular formula is C21H27N4O4Y-. The predicted molar refractivity (Wildman–Crippen MR) is 105 cm³/mol. The summed E-state index contributed by atoms with van der Waals surface area (Å²) in [6.07, 6.45) is 5.13. The maximum Gasteiger partial charge on any atom is 0.510 e. The van der Waals surface area contributed by atoms with E-state index in [0.717, 1.165) is 36.8 Å². The summed E-state index contributed by atoms with van der Waals surface area (Å²) in [7, 11) is 1.69. The van der Waals surface area contributed by atoms with Gasteiger partial charge in [-0.05, 0) is 32.6 Å². The summed E-state index contributed by atoms with van der Waals surface area (Å²) in [4.78, 5) is 32.9. The molecule has 159 valence electrons. The van der Waals surface area contributed by atoms with Crippen molar-refractivity contribution in [2.24, 2.45) is 12.0 Å². The van der Waals surface area contributed by atoms with Gasteiger partial charge >= 0.3 is 6.16 Å². The van der Waals surface area contributed by atoms with Crippen LogP contribution < -0.4 is 5.62 Å². The number of ether oxygens (including phenoxy) is 2. The Bertz CT molecular complexity index is 960. The van der Waals surface area contributed by atoms with Crippen LogP contribution in [0.15, 0.2) is 23.5 Å². The van der Waals surface area contributed by atoms with Crippen molar-refractivity contribution >= 4 is 12.1 Å². The Morgan fingerprint density at radius 1 is 1.23 bits per heavy atom. The van der Waals surface area contributed by atoms with E-state index in [1.807, 2.05) is 19.9 Å². The van der Waals surface area contributed by atoms with Crippen LogP contribution in [-0.2, 0) is 49.2 Å². The molecule has 1 aromatic heterocycles. The fourth-order valence-corrected chi connectivity index (χ4v) is 3.48. The monoisotopic (exact) mass is 488 g/mol. The van der Waals surface area contributed by atoms with E-state index in [1.54, 1.807) is 29.4 Å². The molecule has 1 aliphatic rings. The second-order valence-corrected chi connectivity index (χ2v) is 7.39. The van der Waals surface area contributed by atoms with Crippen LogP contribution in [0, 0.1) is 19.9 Å². The SMILES string of the molecule is Cc1[c-]c(C)c(C(=O)N=c2ncn(C(C)OC(=O)OC3CCCCC3)n2C)cc1.[Y]. The average Bonchev–Trinajstić information content (AvgIpc) is 3.02. The fourth-order valence-electron chi connectivity index (χ4n) is 3.48. The maximum atomic E-state index is 12.5. The second kappa shape index (κ2) is 11.0. The van der Waals surface area contributed by atoms with Crippen molar-refractivity contribution < 1.29 is 51.8 Å². The van der Waals surface area contributed by atoms with Crippen molar-refractivity contribution in [2.75, 3.05) is 0 Å². The molecule has 1 atom stereocenters. The number of carbonyl (C=O) groups is 2. The van der Waals surface area contributed by atoms with Crippen molar-refractivity contribution in [1.29, 1.82) is 0 Å². The van der Waals surface area contributed by atoms with Crippen LogP contribution in [0.2, 0.25) is 0 Å². The van der Waals surface area contributed by atoms with Crippen molar-refractivity contribution in [3.8, 4) is 0 Å². The molecule has 0 spiro atoms. The molecule has 2 aromatic rings. The number of hydrogen-bond donors (Lipinski definition) is 0. The number of benzene rings is 1. The van der Waals surface area contributed by atoms with Crippen molar-refractivity contribution in [3.63, 3.8) is 0 Å². The average molecular weight is 488 g/mol. The largest absolute Gasteiger partial charge is 0.510 e. The van der Waals surface area contributed by atoms with Gasteiger partial charge in [0, 0.05) is 39.8 Å². The van der Waals surface area contributed by atoms with Crippen LogP contribution in [0.1, 0.15) is 66.7 Å². The van der Waals surface area contributed by atoms with Gasteiger partial charge in [0.2, 0.25) is 11.5 Å². The van der Waals surface area contributed by atoms with Crippen LogP contribution in [0.5, 0.6) is 0 Å². The summed E-state index contributed by atoms with van der Waals surface area (Å²) < 4.78 is 13.9. The quantitative estimate of drug-likeness (QED) is 0.487. The van der Waals surface area contributed by atoms with Crippen molar-refractivity contribution in [1.82, 2.24) is 14.3 Å². The zero-order valence-electron chi connectivity index (χ0n) is 17.9. The third kappa shape index (κ3) is 6.11. The number of hydrogen-bond acceptors (Lipinski definition) is 5. The first-order chi connectivity index (χ1) is 13.8. The summed E-state index contributed by atoms with van der Waals surface area (Å²) >= 11 is 0. The molecule has 1 radical (unpaired) electrons. The van der Waals surface area contributed by atoms with Crippen LogP contribution in [0.25, 0.3) is 0 Å². The Kier molecular flexibility index (Phi) is 8.98. The van der Waals surface area contributed by atoms with E-state index in [-0.39, 0.29) is 44.4 Å². The topological polar surface area (TPSA) is 87.7 Å². The van der Waals surface area contributed by atoms with Gasteiger partial charge in [0.25, 0.3) is 0 Å². The van der Waals surface area contributed by atoms with Gasteiger partial charge in [0.1, 0.15) is 12.4 Å². The number of amides is 1. The number of nitrogens with zero attached hydrogens (tertiary/aromatic N) is 4. The zero-order chi connectivity index (χ0) is 21.0. The molecule has 1 heterocycles. The molecule has 8 nitrogen and oxygen atoms in total. The van der Waals surface area contributed by atoms with E-state index >= 15 is 0 Å². The summed E-state index contributed by atoms with van der Waals surface area (Å²) in [5, 5.41) is 0. The van der Waals surface area contributed by atoms with Gasteiger partial charge in [-0.2, -0.15) is 34.3 Å². The normalized spacial score (nSPS) is 15.9. The minimum absolute atomic E-state index is 0.